The summed E-state index contributed by atoms with van der Waals surface area (Å²) < 4.78 is 6.63. The molecule has 4 aliphatic carbocycles. The van der Waals surface area contributed by atoms with E-state index in [4.69, 9.17) is 4.74 Å². The Morgan fingerprint density at radius 1 is 0.914 bits per heavy atom. The highest BCUT2D eigenvalue weighted by molar-refractivity contribution is 5.85. The molecule has 5 fully saturated rings. The lowest BCUT2D eigenvalue weighted by molar-refractivity contribution is -0.259. The van der Waals surface area contributed by atoms with Gasteiger partial charge >= 0.3 is 0 Å². The zero-order valence-corrected chi connectivity index (χ0v) is 23.4. The molecule has 1 heterocycles. The summed E-state index contributed by atoms with van der Waals surface area (Å²) in [6.45, 7) is 17.0. The van der Waals surface area contributed by atoms with Crippen molar-refractivity contribution < 1.29 is 24.9 Å². The number of aliphatic hydroxyl groups is 3. The third kappa shape index (κ3) is 3.29. The number of ketones is 1. The van der Waals surface area contributed by atoms with Crippen LogP contribution in [0.5, 0.6) is 0 Å². The molecule has 0 aromatic heterocycles. The summed E-state index contributed by atoms with van der Waals surface area (Å²) in [6.07, 6.45) is 5.50. The van der Waals surface area contributed by atoms with E-state index in [0.717, 1.165) is 38.5 Å². The molecule has 3 N–H and O–H groups in total. The first-order valence-corrected chi connectivity index (χ1v) is 14.2. The normalized spacial score (nSPS) is 55.9. The number of Topliss-reactive ketones (excluding diaryl/α,β-unsaturated/α-hetero) is 1. The Bertz CT molecular complexity index is 892. The average Bonchev–Trinajstić information content (AvgIpc) is 3.30. The van der Waals surface area contributed by atoms with Crippen LogP contribution < -0.4 is 0 Å². The van der Waals surface area contributed by atoms with E-state index in [1.807, 2.05) is 27.7 Å². The number of ether oxygens (including phenoxy) is 1. The first kappa shape index (κ1) is 26.1. The van der Waals surface area contributed by atoms with Crippen molar-refractivity contribution in [3.05, 3.63) is 0 Å². The highest BCUT2D eigenvalue weighted by Gasteiger charge is 2.73. The third-order valence-electron chi connectivity index (χ3n) is 12.9. The first-order valence-electron chi connectivity index (χ1n) is 14.2. The number of hydrogen-bond donors (Lipinski definition) is 3. The standard InChI is InChI=1S/C30H50O5/c1-25(2)21(33)10-12-27(5)20-15-18(31)23-17(30(8)14-11-22(35-30)26(3,4)34)9-13-28(23,6)29(20,7)16-19(32)24(25)27/h17-20,22-24,31-32,34H,9-16H2,1-8H3. The molecule has 11 atom stereocenters. The lowest BCUT2D eigenvalue weighted by atomic mass is 9.34. The number of rotatable bonds is 2. The number of carbonyl (C=O) groups excluding carboxylic acids is 1. The van der Waals surface area contributed by atoms with Crippen molar-refractivity contribution in [2.75, 3.05) is 0 Å². The van der Waals surface area contributed by atoms with Crippen LogP contribution in [0.25, 0.3) is 0 Å². The number of fused-ring (bicyclic) bond motifs is 5. The monoisotopic (exact) mass is 490 g/mol. The molecule has 5 aliphatic rings. The van der Waals surface area contributed by atoms with E-state index in [-0.39, 0.29) is 57.4 Å². The molecule has 5 heteroatoms. The molecule has 35 heavy (non-hydrogen) atoms. The van der Waals surface area contributed by atoms with Gasteiger partial charge in [0, 0.05) is 17.8 Å². The fourth-order valence-electron chi connectivity index (χ4n) is 11.1. The van der Waals surface area contributed by atoms with Crippen LogP contribution in [0.1, 0.15) is 107 Å². The molecule has 0 amide bonds. The van der Waals surface area contributed by atoms with E-state index >= 15 is 0 Å². The van der Waals surface area contributed by atoms with Crippen LogP contribution in [-0.4, -0.2) is 50.6 Å². The van der Waals surface area contributed by atoms with E-state index in [9.17, 15) is 20.1 Å². The molecule has 5 nitrogen and oxygen atoms in total. The van der Waals surface area contributed by atoms with Gasteiger partial charge in [-0.2, -0.15) is 0 Å². The topological polar surface area (TPSA) is 87.0 Å². The van der Waals surface area contributed by atoms with Gasteiger partial charge in [-0.3, -0.25) is 4.79 Å². The van der Waals surface area contributed by atoms with Gasteiger partial charge in [0.25, 0.3) is 0 Å². The van der Waals surface area contributed by atoms with Gasteiger partial charge in [0.1, 0.15) is 5.78 Å². The Labute approximate surface area is 212 Å². The summed E-state index contributed by atoms with van der Waals surface area (Å²) in [7, 11) is 0. The van der Waals surface area contributed by atoms with Crippen molar-refractivity contribution in [1.82, 2.24) is 0 Å². The van der Waals surface area contributed by atoms with Crippen molar-refractivity contribution >= 4 is 5.78 Å². The molecule has 0 spiro atoms. The van der Waals surface area contributed by atoms with Gasteiger partial charge in [-0.05, 0) is 99.7 Å². The molecule has 1 saturated heterocycles. The SMILES string of the molecule is CC(C)(O)C1CCC(C)(C2CCC3(C)C2C(O)CC2C4(C)CCC(=O)C(C)(C)C4C(O)CC23C)O1. The summed E-state index contributed by atoms with van der Waals surface area (Å²) in [5, 5.41) is 34.2. The van der Waals surface area contributed by atoms with Crippen LogP contribution in [0.15, 0.2) is 0 Å². The second-order valence-electron chi connectivity index (χ2n) is 15.4. The van der Waals surface area contributed by atoms with E-state index in [1.54, 1.807) is 0 Å². The Balaban J connectivity index is 1.52. The Morgan fingerprint density at radius 3 is 2.17 bits per heavy atom. The Hall–Kier alpha value is -0.490. The van der Waals surface area contributed by atoms with Crippen LogP contribution in [0.4, 0.5) is 0 Å². The molecule has 200 valence electrons. The van der Waals surface area contributed by atoms with Gasteiger partial charge in [-0.15, -0.1) is 0 Å². The predicted molar refractivity (Wildman–Crippen MR) is 136 cm³/mol. The summed E-state index contributed by atoms with van der Waals surface area (Å²) in [6, 6.07) is 0. The quantitative estimate of drug-likeness (QED) is 0.513. The minimum atomic E-state index is -0.871. The molecule has 0 aromatic rings. The van der Waals surface area contributed by atoms with Crippen molar-refractivity contribution in [2.45, 2.75) is 136 Å². The van der Waals surface area contributed by atoms with Gasteiger partial charge in [-0.1, -0.05) is 34.6 Å². The van der Waals surface area contributed by atoms with Crippen LogP contribution in [-0.2, 0) is 9.53 Å². The van der Waals surface area contributed by atoms with Gasteiger partial charge in [0.05, 0.1) is 29.5 Å². The van der Waals surface area contributed by atoms with Crippen molar-refractivity contribution in [3.63, 3.8) is 0 Å². The van der Waals surface area contributed by atoms with Crippen LogP contribution in [0.3, 0.4) is 0 Å². The lowest BCUT2D eigenvalue weighted by Crippen LogP contribution is -2.69. The number of hydrogen-bond acceptors (Lipinski definition) is 5. The van der Waals surface area contributed by atoms with E-state index in [2.05, 4.69) is 27.7 Å². The summed E-state index contributed by atoms with van der Waals surface area (Å²) in [5.74, 6) is 0.825. The maximum Gasteiger partial charge on any atom is 0.138 e. The molecule has 0 bridgehead atoms. The minimum Gasteiger partial charge on any atom is -0.393 e. The van der Waals surface area contributed by atoms with Gasteiger partial charge in [-0.25, -0.2) is 0 Å². The fourth-order valence-corrected chi connectivity index (χ4v) is 11.1. The molecule has 0 radical (unpaired) electrons. The molecule has 0 aromatic carbocycles. The largest absolute Gasteiger partial charge is 0.393 e. The van der Waals surface area contributed by atoms with Crippen LogP contribution >= 0.6 is 0 Å². The van der Waals surface area contributed by atoms with Gasteiger partial charge in [0.2, 0.25) is 0 Å². The van der Waals surface area contributed by atoms with Crippen molar-refractivity contribution in [2.24, 2.45) is 45.3 Å². The Kier molecular flexibility index (Phi) is 5.63. The smallest absolute Gasteiger partial charge is 0.138 e. The molecule has 5 rings (SSSR count). The van der Waals surface area contributed by atoms with Crippen LogP contribution in [0.2, 0.25) is 0 Å². The van der Waals surface area contributed by atoms with Crippen molar-refractivity contribution in [1.29, 1.82) is 0 Å². The molecule has 1 aliphatic heterocycles. The van der Waals surface area contributed by atoms with E-state index < -0.39 is 23.2 Å². The number of aliphatic hydroxyl groups excluding tert-OH is 2. The third-order valence-corrected chi connectivity index (χ3v) is 12.9. The van der Waals surface area contributed by atoms with Gasteiger partial charge in [0.15, 0.2) is 0 Å². The predicted octanol–water partition coefficient (Wildman–Crippen LogP) is 4.89. The minimum absolute atomic E-state index is 0.0675. The Morgan fingerprint density at radius 2 is 1.57 bits per heavy atom. The van der Waals surface area contributed by atoms with E-state index in [0.29, 0.717) is 12.8 Å². The highest BCUT2D eigenvalue weighted by Crippen LogP contribution is 2.75. The summed E-state index contributed by atoms with van der Waals surface area (Å²) >= 11 is 0. The zero-order valence-electron chi connectivity index (χ0n) is 23.4. The summed E-state index contributed by atoms with van der Waals surface area (Å²) in [5.41, 5.74) is -2.15. The molecule has 4 saturated carbocycles. The fraction of sp³-hybridized carbons (Fsp3) is 0.967. The van der Waals surface area contributed by atoms with E-state index in [1.165, 1.54) is 0 Å². The van der Waals surface area contributed by atoms with Crippen molar-refractivity contribution in [3.8, 4) is 0 Å². The zero-order chi connectivity index (χ0) is 26.0. The second-order valence-corrected chi connectivity index (χ2v) is 15.4. The summed E-state index contributed by atoms with van der Waals surface area (Å²) in [4.78, 5) is 12.9. The first-order chi connectivity index (χ1) is 15.9. The average molecular weight is 491 g/mol. The lowest BCUT2D eigenvalue weighted by Gasteiger charge is -2.70. The maximum atomic E-state index is 12.9. The number of carbonyl (C=O) groups is 1. The van der Waals surface area contributed by atoms with Gasteiger partial charge < -0.3 is 20.1 Å². The highest BCUT2D eigenvalue weighted by atomic mass is 16.5. The second kappa shape index (κ2) is 7.55. The molecular formula is C30H50O5. The maximum absolute atomic E-state index is 12.9. The molecular weight excluding hydrogens is 440 g/mol. The van der Waals surface area contributed by atoms with Crippen LogP contribution in [0, 0.1) is 45.3 Å². The molecule has 11 unspecified atom stereocenters.